The summed E-state index contributed by atoms with van der Waals surface area (Å²) in [6, 6.07) is 7.90. The van der Waals surface area contributed by atoms with Gasteiger partial charge in [0.05, 0.1) is 5.56 Å². The Hall–Kier alpha value is -3.50. The molecule has 2 atom stereocenters. The fourth-order valence-electron chi connectivity index (χ4n) is 4.04. The van der Waals surface area contributed by atoms with Gasteiger partial charge in [-0.1, -0.05) is 6.07 Å². The summed E-state index contributed by atoms with van der Waals surface area (Å²) >= 11 is 0. The molecule has 7 nitrogen and oxygen atoms in total. The van der Waals surface area contributed by atoms with Gasteiger partial charge in [-0.2, -0.15) is 18.2 Å². The number of aromatic nitrogens is 3. The van der Waals surface area contributed by atoms with E-state index in [1.54, 1.807) is 24.4 Å². The van der Waals surface area contributed by atoms with Crippen LogP contribution in [0.3, 0.4) is 0 Å². The van der Waals surface area contributed by atoms with E-state index in [0.29, 0.717) is 5.65 Å². The molecule has 2 aliphatic rings. The second-order valence-corrected chi connectivity index (χ2v) is 7.73. The molecule has 0 unspecified atom stereocenters. The van der Waals surface area contributed by atoms with Gasteiger partial charge >= 0.3 is 6.18 Å². The molecule has 3 heterocycles. The van der Waals surface area contributed by atoms with Gasteiger partial charge in [-0.25, -0.2) is 8.91 Å². The van der Waals surface area contributed by atoms with Gasteiger partial charge < -0.3 is 4.90 Å². The average molecular weight is 433 g/mol. The number of hydrogen-bond acceptors (Lipinski definition) is 4. The zero-order valence-corrected chi connectivity index (χ0v) is 15.9. The number of alkyl halides is 4. The Labute approximate surface area is 172 Å². The fraction of sp³-hybridized carbons (Fsp3) is 0.300. The fourth-order valence-corrected chi connectivity index (χ4v) is 4.04. The molecule has 1 aliphatic carbocycles. The summed E-state index contributed by atoms with van der Waals surface area (Å²) in [5, 5.41) is 6.58. The molecule has 160 valence electrons. The highest BCUT2D eigenvalue weighted by molar-refractivity contribution is 6.01. The number of nitrogens with zero attached hydrogens (tertiary/aromatic N) is 4. The maximum atomic E-state index is 14.3. The summed E-state index contributed by atoms with van der Waals surface area (Å²) in [5.41, 5.74) is -1.59. The Kier molecular flexibility index (Phi) is 4.08. The smallest absolute Gasteiger partial charge is 0.328 e. The molecule has 0 bridgehead atoms. The van der Waals surface area contributed by atoms with Crippen molar-refractivity contribution in [3.05, 3.63) is 59.3 Å². The number of hydrogen-bond donors (Lipinski definition) is 1. The van der Waals surface area contributed by atoms with Crippen LogP contribution in [0.2, 0.25) is 0 Å². The third kappa shape index (κ3) is 3.20. The third-order valence-electron chi connectivity index (χ3n) is 5.68. The van der Waals surface area contributed by atoms with Gasteiger partial charge in [0, 0.05) is 23.7 Å². The van der Waals surface area contributed by atoms with Gasteiger partial charge in [-0.3, -0.25) is 14.9 Å². The zero-order valence-electron chi connectivity index (χ0n) is 15.9. The number of carbonyl (C=O) groups is 2. The van der Waals surface area contributed by atoms with Crippen molar-refractivity contribution < 1.29 is 27.2 Å². The molecule has 1 spiro atoms. The molecule has 0 saturated heterocycles. The van der Waals surface area contributed by atoms with Crippen LogP contribution in [0.25, 0.3) is 5.65 Å². The Morgan fingerprint density at radius 1 is 1.26 bits per heavy atom. The van der Waals surface area contributed by atoms with E-state index < -0.39 is 41.7 Å². The van der Waals surface area contributed by atoms with Crippen LogP contribution in [0.5, 0.6) is 0 Å². The van der Waals surface area contributed by atoms with Crippen LogP contribution in [-0.4, -0.2) is 50.6 Å². The molecule has 11 heteroatoms. The molecule has 0 radical (unpaired) electrons. The van der Waals surface area contributed by atoms with Crippen molar-refractivity contribution in [3.8, 4) is 0 Å². The molecule has 31 heavy (non-hydrogen) atoms. The predicted octanol–water partition coefficient (Wildman–Crippen LogP) is 2.82. The Morgan fingerprint density at radius 2 is 2.03 bits per heavy atom. The highest BCUT2D eigenvalue weighted by Gasteiger charge is 2.61. The summed E-state index contributed by atoms with van der Waals surface area (Å²) in [5.74, 6) is -1.17. The van der Waals surface area contributed by atoms with Gasteiger partial charge in [0.25, 0.3) is 5.91 Å². The van der Waals surface area contributed by atoms with Crippen LogP contribution >= 0.6 is 0 Å². The SMILES string of the molecule is O=C(CN1C[C@@]2(C[C@@H]2F)c2cc(C(F)(F)F)ccc2C1=O)Nc1nc2ccccn2n1. The molecule has 3 aromatic rings. The number of nitrogens with one attached hydrogen (secondary N) is 1. The minimum Gasteiger partial charge on any atom is -0.328 e. The molecule has 2 aromatic heterocycles. The van der Waals surface area contributed by atoms with Crippen molar-refractivity contribution in [2.24, 2.45) is 0 Å². The first kappa shape index (κ1) is 19.5. The van der Waals surface area contributed by atoms with E-state index in [-0.39, 0.29) is 30.0 Å². The van der Waals surface area contributed by atoms with E-state index in [0.717, 1.165) is 23.1 Å². The first-order valence-electron chi connectivity index (χ1n) is 9.44. The lowest BCUT2D eigenvalue weighted by molar-refractivity contribution is -0.137. The number of carbonyl (C=O) groups excluding carboxylic acids is 2. The average Bonchev–Trinajstić information content (AvgIpc) is 3.16. The molecule has 1 aliphatic heterocycles. The van der Waals surface area contributed by atoms with E-state index in [2.05, 4.69) is 15.4 Å². The van der Waals surface area contributed by atoms with Crippen molar-refractivity contribution in [1.29, 1.82) is 0 Å². The number of benzene rings is 1. The van der Waals surface area contributed by atoms with Crippen LogP contribution < -0.4 is 5.32 Å². The third-order valence-corrected chi connectivity index (χ3v) is 5.68. The van der Waals surface area contributed by atoms with Crippen LogP contribution in [-0.2, 0) is 16.4 Å². The summed E-state index contributed by atoms with van der Waals surface area (Å²) in [6.07, 6.45) is -4.33. The van der Waals surface area contributed by atoms with Crippen molar-refractivity contribution in [2.75, 3.05) is 18.4 Å². The number of pyridine rings is 1. The lowest BCUT2D eigenvalue weighted by Crippen LogP contribution is -2.47. The Balaban J connectivity index is 1.38. The van der Waals surface area contributed by atoms with Crippen molar-refractivity contribution in [3.63, 3.8) is 0 Å². The summed E-state index contributed by atoms with van der Waals surface area (Å²) in [7, 11) is 0. The van der Waals surface area contributed by atoms with Crippen LogP contribution in [0.15, 0.2) is 42.6 Å². The molecule has 1 fully saturated rings. The van der Waals surface area contributed by atoms with E-state index in [1.165, 1.54) is 4.52 Å². The van der Waals surface area contributed by atoms with Gasteiger partial charge in [0.15, 0.2) is 5.65 Å². The van der Waals surface area contributed by atoms with E-state index >= 15 is 0 Å². The standard InChI is InChI=1S/C20H15F4N5O2/c21-14-8-19(14)10-28(17(31)12-5-4-11(7-13(12)19)20(22,23)24)9-16(30)26-18-25-15-3-1-2-6-29(15)27-18/h1-7,14H,8-10H2,(H,26,27,30)/t14-,19-/m0/s1. The minimum absolute atomic E-state index is 0.000695. The summed E-state index contributed by atoms with van der Waals surface area (Å²) in [4.78, 5) is 30.6. The molecular formula is C20H15F4N5O2. The second-order valence-electron chi connectivity index (χ2n) is 7.73. The molecule has 2 amide bonds. The monoisotopic (exact) mass is 433 g/mol. The summed E-state index contributed by atoms with van der Waals surface area (Å²) in [6.45, 7) is -0.573. The largest absolute Gasteiger partial charge is 0.416 e. The first-order valence-corrected chi connectivity index (χ1v) is 9.44. The maximum Gasteiger partial charge on any atom is 0.416 e. The molecule has 1 N–H and O–H groups in total. The van der Waals surface area contributed by atoms with Crippen molar-refractivity contribution >= 4 is 23.4 Å². The van der Waals surface area contributed by atoms with Crippen LogP contribution in [0.4, 0.5) is 23.5 Å². The maximum absolute atomic E-state index is 14.3. The Bertz CT molecular complexity index is 1190. The number of amides is 2. The predicted molar refractivity (Wildman–Crippen MR) is 100 cm³/mol. The molecule has 5 rings (SSSR count). The number of anilines is 1. The van der Waals surface area contributed by atoms with Crippen molar-refractivity contribution in [2.45, 2.75) is 24.2 Å². The molecular weight excluding hydrogens is 418 g/mol. The number of fused-ring (bicyclic) bond motifs is 3. The summed E-state index contributed by atoms with van der Waals surface area (Å²) < 4.78 is 55.1. The van der Waals surface area contributed by atoms with Crippen molar-refractivity contribution in [1.82, 2.24) is 19.5 Å². The molecule has 1 saturated carbocycles. The lowest BCUT2D eigenvalue weighted by atomic mass is 9.85. The van der Waals surface area contributed by atoms with Gasteiger partial charge in [0.1, 0.15) is 12.7 Å². The van der Waals surface area contributed by atoms with Gasteiger partial charge in [0.2, 0.25) is 11.9 Å². The topological polar surface area (TPSA) is 79.6 Å². The highest BCUT2D eigenvalue weighted by atomic mass is 19.4. The van der Waals surface area contributed by atoms with Gasteiger partial charge in [-0.05, 0) is 42.3 Å². The normalized spacial score (nSPS) is 22.6. The zero-order chi connectivity index (χ0) is 22.0. The minimum atomic E-state index is -4.60. The number of rotatable bonds is 3. The molecule has 1 aromatic carbocycles. The van der Waals surface area contributed by atoms with E-state index in [4.69, 9.17) is 0 Å². The Morgan fingerprint density at radius 3 is 2.71 bits per heavy atom. The van der Waals surface area contributed by atoms with E-state index in [1.807, 2.05) is 0 Å². The van der Waals surface area contributed by atoms with Crippen LogP contribution in [0.1, 0.15) is 27.9 Å². The first-order chi connectivity index (χ1) is 14.7. The number of halogens is 4. The van der Waals surface area contributed by atoms with Crippen LogP contribution in [0, 0.1) is 0 Å². The quantitative estimate of drug-likeness (QED) is 0.645. The van der Waals surface area contributed by atoms with Gasteiger partial charge in [-0.15, -0.1) is 5.10 Å². The highest BCUT2D eigenvalue weighted by Crippen LogP contribution is 2.55. The second kappa shape index (κ2) is 6.50. The lowest BCUT2D eigenvalue weighted by Gasteiger charge is -2.34. The van der Waals surface area contributed by atoms with E-state index in [9.17, 15) is 27.2 Å².